The first-order valence-electron chi connectivity index (χ1n) is 6.48. The molecule has 1 aromatic carbocycles. The van der Waals surface area contributed by atoms with Crippen molar-refractivity contribution in [2.75, 3.05) is 12.0 Å². The number of methoxy groups -OCH3 is 1. The summed E-state index contributed by atoms with van der Waals surface area (Å²) < 4.78 is 5.14. The second kappa shape index (κ2) is 4.94. The molecule has 1 aliphatic heterocycles. The first-order valence-corrected chi connectivity index (χ1v) is 6.86. The predicted octanol–water partition coefficient (Wildman–Crippen LogP) is 2.72. The van der Waals surface area contributed by atoms with E-state index in [0.29, 0.717) is 29.3 Å². The van der Waals surface area contributed by atoms with E-state index in [-0.39, 0.29) is 23.7 Å². The van der Waals surface area contributed by atoms with Crippen molar-refractivity contribution in [1.82, 2.24) is 0 Å². The van der Waals surface area contributed by atoms with E-state index in [1.807, 2.05) is 6.08 Å². The van der Waals surface area contributed by atoms with E-state index in [2.05, 4.69) is 0 Å². The van der Waals surface area contributed by atoms with E-state index in [1.54, 1.807) is 31.4 Å². The Morgan fingerprint density at radius 3 is 2.75 bits per heavy atom. The van der Waals surface area contributed by atoms with Crippen LogP contribution < -0.4 is 9.64 Å². The maximum absolute atomic E-state index is 12.5. The molecule has 0 saturated carbocycles. The Morgan fingerprint density at radius 2 is 2.00 bits per heavy atom. The zero-order valence-electron chi connectivity index (χ0n) is 11.0. The highest BCUT2D eigenvalue weighted by molar-refractivity contribution is 6.30. The van der Waals surface area contributed by atoms with Gasteiger partial charge in [-0.15, -0.1) is 0 Å². The van der Waals surface area contributed by atoms with Gasteiger partial charge in [-0.1, -0.05) is 23.7 Å². The van der Waals surface area contributed by atoms with Gasteiger partial charge < -0.3 is 4.74 Å². The quantitative estimate of drug-likeness (QED) is 0.787. The molecule has 4 nitrogen and oxygen atoms in total. The molecule has 0 N–H and O–H groups in total. The van der Waals surface area contributed by atoms with Gasteiger partial charge in [0.15, 0.2) is 0 Å². The molecule has 0 spiro atoms. The highest BCUT2D eigenvalue weighted by atomic mass is 35.5. The number of fused-ring (bicyclic) bond motifs is 1. The van der Waals surface area contributed by atoms with E-state index in [9.17, 15) is 9.59 Å². The van der Waals surface area contributed by atoms with Crippen LogP contribution in [0.5, 0.6) is 5.75 Å². The molecule has 1 aliphatic carbocycles. The molecule has 20 heavy (non-hydrogen) atoms. The zero-order chi connectivity index (χ0) is 14.3. The summed E-state index contributed by atoms with van der Waals surface area (Å²) in [5.74, 6) is -0.301. The van der Waals surface area contributed by atoms with Crippen molar-refractivity contribution in [2.45, 2.75) is 12.8 Å². The maximum Gasteiger partial charge on any atom is 0.238 e. The number of nitrogens with zero attached hydrogens (tertiary/aromatic N) is 1. The number of rotatable bonds is 2. The van der Waals surface area contributed by atoms with E-state index >= 15 is 0 Å². The molecule has 1 heterocycles. The monoisotopic (exact) mass is 291 g/mol. The number of imide groups is 1. The Bertz CT molecular complexity index is 611. The predicted molar refractivity (Wildman–Crippen MR) is 75.6 cm³/mol. The lowest BCUT2D eigenvalue weighted by Gasteiger charge is -2.17. The molecule has 0 aromatic heterocycles. The number of allylic oxidation sites excluding steroid dienone is 2. The van der Waals surface area contributed by atoms with E-state index in [4.69, 9.17) is 16.3 Å². The van der Waals surface area contributed by atoms with E-state index in [0.717, 1.165) is 0 Å². The van der Waals surface area contributed by atoms with Gasteiger partial charge in [-0.3, -0.25) is 9.59 Å². The third-order valence-electron chi connectivity index (χ3n) is 3.88. The van der Waals surface area contributed by atoms with Gasteiger partial charge in [-0.05, 0) is 25.0 Å². The number of hydrogen-bond acceptors (Lipinski definition) is 3. The van der Waals surface area contributed by atoms with Gasteiger partial charge in [0.25, 0.3) is 0 Å². The molecule has 3 rings (SSSR count). The van der Waals surface area contributed by atoms with Crippen LogP contribution in [-0.4, -0.2) is 18.9 Å². The van der Waals surface area contributed by atoms with Gasteiger partial charge in [-0.25, -0.2) is 4.90 Å². The number of carbonyl (C=O) groups excluding carboxylic acids is 2. The summed E-state index contributed by atoms with van der Waals surface area (Å²) in [6, 6.07) is 6.98. The van der Waals surface area contributed by atoms with E-state index < -0.39 is 0 Å². The molecule has 1 saturated heterocycles. The Balaban J connectivity index is 1.95. The highest BCUT2D eigenvalue weighted by Gasteiger charge is 2.48. The molecule has 2 aliphatic rings. The van der Waals surface area contributed by atoms with Crippen LogP contribution in [0.3, 0.4) is 0 Å². The summed E-state index contributed by atoms with van der Waals surface area (Å²) in [7, 11) is 1.55. The van der Waals surface area contributed by atoms with Gasteiger partial charge >= 0.3 is 0 Å². The molecule has 2 atom stereocenters. The van der Waals surface area contributed by atoms with Crippen LogP contribution in [0.15, 0.2) is 35.4 Å². The molecule has 0 radical (unpaired) electrons. The Kier molecular flexibility index (Phi) is 3.26. The number of carbonyl (C=O) groups is 2. The average Bonchev–Trinajstić information content (AvgIpc) is 2.70. The van der Waals surface area contributed by atoms with Crippen LogP contribution in [0.4, 0.5) is 5.69 Å². The van der Waals surface area contributed by atoms with Gasteiger partial charge in [-0.2, -0.15) is 0 Å². The normalized spacial score (nSPS) is 25.5. The fraction of sp³-hybridized carbons (Fsp3) is 0.333. The minimum atomic E-state index is -0.328. The van der Waals surface area contributed by atoms with Gasteiger partial charge in [0.1, 0.15) is 5.75 Å². The number of halogens is 1. The molecule has 5 heteroatoms. The third kappa shape index (κ3) is 2.00. The first-order chi connectivity index (χ1) is 9.61. The summed E-state index contributed by atoms with van der Waals surface area (Å²) in [5.41, 5.74) is 0.560. The largest absolute Gasteiger partial charge is 0.497 e. The van der Waals surface area contributed by atoms with Crippen molar-refractivity contribution in [3.05, 3.63) is 35.4 Å². The van der Waals surface area contributed by atoms with Crippen LogP contribution in [-0.2, 0) is 9.59 Å². The van der Waals surface area contributed by atoms with Crippen molar-refractivity contribution in [1.29, 1.82) is 0 Å². The fourth-order valence-corrected chi connectivity index (χ4v) is 3.09. The highest BCUT2D eigenvalue weighted by Crippen LogP contribution is 2.41. The van der Waals surface area contributed by atoms with E-state index in [1.165, 1.54) is 4.90 Å². The second-order valence-electron chi connectivity index (χ2n) is 5.02. The van der Waals surface area contributed by atoms with Crippen LogP contribution in [0.25, 0.3) is 0 Å². The molecule has 1 fully saturated rings. The van der Waals surface area contributed by atoms with Gasteiger partial charge in [0.2, 0.25) is 11.8 Å². The van der Waals surface area contributed by atoms with Gasteiger partial charge in [0.05, 0.1) is 24.6 Å². The minimum absolute atomic E-state index is 0.145. The molecule has 0 unspecified atom stereocenters. The van der Waals surface area contributed by atoms with Crippen LogP contribution in [0.2, 0.25) is 0 Å². The summed E-state index contributed by atoms with van der Waals surface area (Å²) in [4.78, 5) is 26.2. The van der Waals surface area contributed by atoms with Crippen LogP contribution >= 0.6 is 11.6 Å². The van der Waals surface area contributed by atoms with Crippen molar-refractivity contribution >= 4 is 29.1 Å². The van der Waals surface area contributed by atoms with Gasteiger partial charge in [0, 0.05) is 11.1 Å². The molecular formula is C15H14ClNO3. The average molecular weight is 292 g/mol. The zero-order valence-corrected chi connectivity index (χ0v) is 11.8. The van der Waals surface area contributed by atoms with Crippen molar-refractivity contribution in [3.8, 4) is 5.75 Å². The molecule has 0 bridgehead atoms. The molecule has 2 amide bonds. The lowest BCUT2D eigenvalue weighted by atomic mass is 9.85. The number of anilines is 1. The van der Waals surface area contributed by atoms with Crippen molar-refractivity contribution < 1.29 is 14.3 Å². The molecular weight excluding hydrogens is 278 g/mol. The summed E-state index contributed by atoms with van der Waals surface area (Å²) in [6.45, 7) is 0. The first kappa shape index (κ1) is 13.2. The topological polar surface area (TPSA) is 46.6 Å². The SMILES string of the molecule is COc1cccc(N2C(=O)[C@@H]3CC=C(Cl)C[C@H]3C2=O)c1. The number of hydrogen-bond donors (Lipinski definition) is 0. The van der Waals surface area contributed by atoms with Crippen LogP contribution in [0, 0.1) is 11.8 Å². The van der Waals surface area contributed by atoms with Crippen molar-refractivity contribution in [2.24, 2.45) is 11.8 Å². The second-order valence-corrected chi connectivity index (χ2v) is 5.50. The summed E-state index contributed by atoms with van der Waals surface area (Å²) >= 11 is 6.00. The Morgan fingerprint density at radius 1 is 1.25 bits per heavy atom. The van der Waals surface area contributed by atoms with Crippen molar-refractivity contribution in [3.63, 3.8) is 0 Å². The Labute approximate surface area is 122 Å². The summed E-state index contributed by atoms with van der Waals surface area (Å²) in [6.07, 6.45) is 2.83. The maximum atomic E-state index is 12.5. The number of ether oxygens (including phenoxy) is 1. The summed E-state index contributed by atoms with van der Waals surface area (Å²) in [5, 5.41) is 0.667. The molecule has 104 valence electrons. The Hall–Kier alpha value is -1.81. The van der Waals surface area contributed by atoms with Crippen LogP contribution in [0.1, 0.15) is 12.8 Å². The molecule has 1 aromatic rings. The fourth-order valence-electron chi connectivity index (χ4n) is 2.83. The minimum Gasteiger partial charge on any atom is -0.497 e. The number of benzene rings is 1. The lowest BCUT2D eigenvalue weighted by molar-refractivity contribution is -0.122. The third-order valence-corrected chi connectivity index (χ3v) is 4.19. The number of amides is 2. The standard InChI is InChI=1S/C15H14ClNO3/c1-20-11-4-2-3-10(8-11)17-14(18)12-6-5-9(16)7-13(12)15(17)19/h2-5,8,12-13H,6-7H2,1H3/t12-,13-/m1/s1. The smallest absolute Gasteiger partial charge is 0.238 e. The lowest BCUT2D eigenvalue weighted by Crippen LogP contribution is -2.30.